The topological polar surface area (TPSA) is 57.7 Å². The molecule has 0 aliphatic rings. The Morgan fingerprint density at radius 2 is 2.28 bits per heavy atom. The van der Waals surface area contributed by atoms with Crippen LogP contribution in [0.2, 0.25) is 0 Å². The van der Waals surface area contributed by atoms with Crippen LogP contribution in [0, 0.1) is 0 Å². The van der Waals surface area contributed by atoms with E-state index in [1.165, 1.54) is 11.5 Å². The van der Waals surface area contributed by atoms with Crippen LogP contribution in [0.25, 0.3) is 11.0 Å². The van der Waals surface area contributed by atoms with Crippen LogP contribution in [0.15, 0.2) is 12.5 Å². The number of fused-ring (bicyclic) bond motifs is 1. The summed E-state index contributed by atoms with van der Waals surface area (Å²) >= 11 is 1.98. The summed E-state index contributed by atoms with van der Waals surface area (Å²) in [5.74, 6) is 3.31. The number of anilines is 1. The Balaban J connectivity index is 2.12. The van der Waals surface area contributed by atoms with Crippen molar-refractivity contribution in [2.75, 3.05) is 23.5 Å². The molecule has 18 heavy (non-hydrogen) atoms. The molecular weight excluding hydrogens is 246 g/mol. The predicted octanol–water partition coefficient (Wildman–Crippen LogP) is 2.32. The summed E-state index contributed by atoms with van der Waals surface area (Å²) in [6.07, 6.45) is 4.52. The third kappa shape index (κ3) is 2.75. The number of thioether (sulfide) groups is 1. The maximum Gasteiger partial charge on any atom is 0.160 e. The molecule has 0 aromatic carbocycles. The molecule has 0 amide bonds. The number of H-pyrrole nitrogens is 1. The van der Waals surface area contributed by atoms with Gasteiger partial charge in [-0.15, -0.1) is 0 Å². The Morgan fingerprint density at radius 3 is 3.06 bits per heavy atom. The largest absolute Gasteiger partial charge is 0.356 e. The first-order valence-corrected chi connectivity index (χ1v) is 7.34. The average molecular weight is 265 g/mol. The molecule has 0 spiro atoms. The zero-order valence-electron chi connectivity index (χ0n) is 11.1. The highest BCUT2D eigenvalue weighted by Crippen LogP contribution is 2.22. The van der Waals surface area contributed by atoms with E-state index < -0.39 is 0 Å². The summed E-state index contributed by atoms with van der Waals surface area (Å²) in [6.45, 7) is 4.42. The first-order chi connectivity index (χ1) is 8.74. The standard InChI is InChI=1S/C12H19N5S/c1-4-18-6-5-9(2)17(3)12-10-7-15-16-11(10)13-8-14-12/h7-9H,4-6H2,1-3H3,(H,13,14,15,16)/t9-/m0/s1. The highest BCUT2D eigenvalue weighted by atomic mass is 32.2. The minimum Gasteiger partial charge on any atom is -0.356 e. The zero-order valence-corrected chi connectivity index (χ0v) is 11.9. The van der Waals surface area contributed by atoms with Crippen LogP contribution in [0.4, 0.5) is 5.82 Å². The van der Waals surface area contributed by atoms with Gasteiger partial charge in [-0.3, -0.25) is 5.10 Å². The molecule has 0 aliphatic carbocycles. The Bertz CT molecular complexity index is 498. The molecule has 0 aliphatic heterocycles. The summed E-state index contributed by atoms with van der Waals surface area (Å²) in [7, 11) is 2.08. The van der Waals surface area contributed by atoms with Crippen molar-refractivity contribution in [2.24, 2.45) is 0 Å². The van der Waals surface area contributed by atoms with Gasteiger partial charge in [0.1, 0.15) is 12.1 Å². The molecular formula is C12H19N5S. The summed E-state index contributed by atoms with van der Waals surface area (Å²) in [6, 6.07) is 0.456. The van der Waals surface area contributed by atoms with E-state index in [-0.39, 0.29) is 0 Å². The highest BCUT2D eigenvalue weighted by molar-refractivity contribution is 7.99. The molecule has 6 heteroatoms. The van der Waals surface area contributed by atoms with Crippen LogP contribution < -0.4 is 4.90 Å². The Labute approximate surface area is 111 Å². The van der Waals surface area contributed by atoms with Crippen LogP contribution >= 0.6 is 11.8 Å². The van der Waals surface area contributed by atoms with E-state index >= 15 is 0 Å². The van der Waals surface area contributed by atoms with Crippen LogP contribution in [-0.2, 0) is 0 Å². The second kappa shape index (κ2) is 6.04. The van der Waals surface area contributed by atoms with Crippen molar-refractivity contribution in [1.82, 2.24) is 20.2 Å². The van der Waals surface area contributed by atoms with Gasteiger partial charge in [-0.25, -0.2) is 9.97 Å². The maximum atomic E-state index is 4.38. The van der Waals surface area contributed by atoms with Gasteiger partial charge in [0.25, 0.3) is 0 Å². The van der Waals surface area contributed by atoms with Crippen molar-refractivity contribution in [3.05, 3.63) is 12.5 Å². The fraction of sp³-hybridized carbons (Fsp3) is 0.583. The van der Waals surface area contributed by atoms with Gasteiger partial charge in [0.2, 0.25) is 0 Å². The molecule has 0 bridgehead atoms. The summed E-state index contributed by atoms with van der Waals surface area (Å²) < 4.78 is 0. The third-order valence-corrected chi connectivity index (χ3v) is 4.04. The molecule has 0 fully saturated rings. The second-order valence-corrected chi connectivity index (χ2v) is 5.67. The fourth-order valence-corrected chi connectivity index (χ4v) is 2.63. The van der Waals surface area contributed by atoms with Gasteiger partial charge in [-0.05, 0) is 24.9 Å². The lowest BCUT2D eigenvalue weighted by molar-refractivity contribution is 0.663. The quantitative estimate of drug-likeness (QED) is 0.812. The van der Waals surface area contributed by atoms with E-state index in [0.717, 1.165) is 23.3 Å². The average Bonchev–Trinajstić information content (AvgIpc) is 2.86. The highest BCUT2D eigenvalue weighted by Gasteiger charge is 2.15. The first-order valence-electron chi connectivity index (χ1n) is 6.18. The van der Waals surface area contributed by atoms with E-state index in [1.54, 1.807) is 12.5 Å². The Kier molecular flexibility index (Phi) is 4.41. The van der Waals surface area contributed by atoms with Crippen LogP contribution in [0.1, 0.15) is 20.3 Å². The molecule has 1 N–H and O–H groups in total. The molecule has 0 unspecified atom stereocenters. The van der Waals surface area contributed by atoms with Gasteiger partial charge in [0.05, 0.1) is 11.6 Å². The van der Waals surface area contributed by atoms with Gasteiger partial charge in [-0.1, -0.05) is 6.92 Å². The van der Waals surface area contributed by atoms with Gasteiger partial charge >= 0.3 is 0 Å². The number of hydrogen-bond donors (Lipinski definition) is 1. The summed E-state index contributed by atoms with van der Waals surface area (Å²) in [5, 5.41) is 7.88. The minimum atomic E-state index is 0.456. The molecule has 0 radical (unpaired) electrons. The molecule has 0 saturated carbocycles. The van der Waals surface area contributed by atoms with Gasteiger partial charge < -0.3 is 4.90 Å². The number of hydrogen-bond acceptors (Lipinski definition) is 5. The predicted molar refractivity (Wildman–Crippen MR) is 77.2 cm³/mol. The van der Waals surface area contributed by atoms with Crippen LogP contribution in [-0.4, -0.2) is 44.8 Å². The van der Waals surface area contributed by atoms with Crippen LogP contribution in [0.3, 0.4) is 0 Å². The lowest BCUT2D eigenvalue weighted by atomic mass is 10.2. The van der Waals surface area contributed by atoms with Crippen molar-refractivity contribution in [3.8, 4) is 0 Å². The molecule has 0 saturated heterocycles. The third-order valence-electron chi connectivity index (χ3n) is 3.11. The van der Waals surface area contributed by atoms with Crippen molar-refractivity contribution in [2.45, 2.75) is 26.3 Å². The number of aromatic nitrogens is 4. The van der Waals surface area contributed by atoms with Crippen molar-refractivity contribution < 1.29 is 0 Å². The molecule has 5 nitrogen and oxygen atoms in total. The number of nitrogens with zero attached hydrogens (tertiary/aromatic N) is 4. The van der Waals surface area contributed by atoms with E-state index in [2.05, 4.69) is 46.0 Å². The molecule has 2 aromatic rings. The van der Waals surface area contributed by atoms with Crippen molar-refractivity contribution in [1.29, 1.82) is 0 Å². The number of rotatable bonds is 6. The lowest BCUT2D eigenvalue weighted by Crippen LogP contribution is -2.30. The van der Waals surface area contributed by atoms with E-state index in [1.807, 2.05) is 11.8 Å². The van der Waals surface area contributed by atoms with Gasteiger partial charge in [0, 0.05) is 13.1 Å². The van der Waals surface area contributed by atoms with Gasteiger partial charge in [-0.2, -0.15) is 16.9 Å². The lowest BCUT2D eigenvalue weighted by Gasteiger charge is -2.26. The number of nitrogens with one attached hydrogen (secondary N) is 1. The van der Waals surface area contributed by atoms with Crippen molar-refractivity contribution in [3.63, 3.8) is 0 Å². The molecule has 1 atom stereocenters. The Morgan fingerprint density at radius 1 is 1.44 bits per heavy atom. The van der Waals surface area contributed by atoms with E-state index in [9.17, 15) is 0 Å². The first kappa shape index (κ1) is 13.1. The molecule has 2 aromatic heterocycles. The molecule has 98 valence electrons. The second-order valence-electron chi connectivity index (χ2n) is 4.28. The summed E-state index contributed by atoms with van der Waals surface area (Å²) in [4.78, 5) is 10.7. The maximum absolute atomic E-state index is 4.38. The normalized spacial score (nSPS) is 12.8. The van der Waals surface area contributed by atoms with Crippen LogP contribution in [0.5, 0.6) is 0 Å². The number of aromatic amines is 1. The smallest absolute Gasteiger partial charge is 0.160 e. The van der Waals surface area contributed by atoms with E-state index in [0.29, 0.717) is 6.04 Å². The molecule has 2 rings (SSSR count). The van der Waals surface area contributed by atoms with Crippen molar-refractivity contribution >= 4 is 28.6 Å². The molecule has 2 heterocycles. The Hall–Kier alpha value is -1.30. The zero-order chi connectivity index (χ0) is 13.0. The SMILES string of the molecule is CCSCC[C@H](C)N(C)c1ncnc2[nH]ncc12. The summed E-state index contributed by atoms with van der Waals surface area (Å²) in [5.41, 5.74) is 0.794. The van der Waals surface area contributed by atoms with E-state index in [4.69, 9.17) is 0 Å². The minimum absolute atomic E-state index is 0.456. The monoisotopic (exact) mass is 265 g/mol. The van der Waals surface area contributed by atoms with Gasteiger partial charge in [0.15, 0.2) is 5.65 Å². The fourth-order valence-electron chi connectivity index (χ4n) is 1.83.